The third-order valence-corrected chi connectivity index (χ3v) is 6.16. The summed E-state index contributed by atoms with van der Waals surface area (Å²) in [6.45, 7) is 4.17. The van der Waals surface area contributed by atoms with Gasteiger partial charge in [0.15, 0.2) is 11.6 Å². The van der Waals surface area contributed by atoms with Crippen molar-refractivity contribution in [3.63, 3.8) is 0 Å². The lowest BCUT2D eigenvalue weighted by Gasteiger charge is -2.30. The van der Waals surface area contributed by atoms with E-state index in [2.05, 4.69) is 18.4 Å². The van der Waals surface area contributed by atoms with E-state index >= 15 is 0 Å². The van der Waals surface area contributed by atoms with Gasteiger partial charge in [-0.2, -0.15) is 0 Å². The first-order valence-electron chi connectivity index (χ1n) is 9.47. The number of aromatic nitrogens is 1. The Balaban J connectivity index is 1.89. The van der Waals surface area contributed by atoms with Crippen LogP contribution >= 0.6 is 23.2 Å². The zero-order chi connectivity index (χ0) is 20.9. The molecule has 150 valence electrons. The second kappa shape index (κ2) is 7.28. The number of Topliss-reactive ketones (excluding diaryl/α,β-unsaturated/α-hetero) is 2. The summed E-state index contributed by atoms with van der Waals surface area (Å²) in [6, 6.07) is 10.6. The molecule has 1 aliphatic rings. The van der Waals surface area contributed by atoms with Crippen molar-refractivity contribution in [3.05, 3.63) is 68.8 Å². The van der Waals surface area contributed by atoms with Crippen LogP contribution in [0, 0.1) is 5.41 Å². The Morgan fingerprint density at radius 3 is 2.38 bits per heavy atom. The highest BCUT2D eigenvalue weighted by atomic mass is 35.5. The molecule has 0 unspecified atom stereocenters. The van der Waals surface area contributed by atoms with Crippen LogP contribution in [0.2, 0.25) is 10.0 Å². The van der Waals surface area contributed by atoms with Gasteiger partial charge in [0.1, 0.15) is 6.61 Å². The highest BCUT2D eigenvalue weighted by molar-refractivity contribution is 6.41. The largest absolute Gasteiger partial charge is 0.388 e. The van der Waals surface area contributed by atoms with Crippen molar-refractivity contribution in [2.75, 3.05) is 6.61 Å². The van der Waals surface area contributed by atoms with Gasteiger partial charge in [-0.15, -0.1) is 0 Å². The van der Waals surface area contributed by atoms with E-state index < -0.39 is 6.61 Å². The summed E-state index contributed by atoms with van der Waals surface area (Å²) in [6.07, 6.45) is 1.22. The Morgan fingerprint density at radius 2 is 1.72 bits per heavy atom. The van der Waals surface area contributed by atoms with Gasteiger partial charge in [-0.1, -0.05) is 61.3 Å². The van der Waals surface area contributed by atoms with Crippen LogP contribution in [-0.2, 0) is 13.0 Å². The van der Waals surface area contributed by atoms with E-state index in [4.69, 9.17) is 28.3 Å². The molecule has 6 heteroatoms. The summed E-state index contributed by atoms with van der Waals surface area (Å²) in [5, 5.41) is 10.8. The quantitative estimate of drug-likeness (QED) is 0.570. The molecule has 0 bridgehead atoms. The van der Waals surface area contributed by atoms with Crippen LogP contribution in [0.15, 0.2) is 36.4 Å². The Labute approximate surface area is 179 Å². The highest BCUT2D eigenvalue weighted by Gasteiger charge is 2.36. The van der Waals surface area contributed by atoms with Crippen molar-refractivity contribution in [1.82, 2.24) is 4.57 Å². The van der Waals surface area contributed by atoms with Crippen molar-refractivity contribution in [3.8, 4) is 0 Å². The predicted octanol–water partition coefficient (Wildman–Crippen LogP) is 5.33. The molecule has 4 rings (SSSR count). The van der Waals surface area contributed by atoms with Crippen LogP contribution in [-0.4, -0.2) is 27.8 Å². The summed E-state index contributed by atoms with van der Waals surface area (Å²) in [7, 11) is 0. The summed E-state index contributed by atoms with van der Waals surface area (Å²) in [5.74, 6) is -0.226. The zero-order valence-electron chi connectivity index (χ0n) is 16.3. The zero-order valence-corrected chi connectivity index (χ0v) is 17.8. The second-order valence-corrected chi connectivity index (χ2v) is 9.19. The van der Waals surface area contributed by atoms with Gasteiger partial charge in [0.25, 0.3) is 0 Å². The van der Waals surface area contributed by atoms with Gasteiger partial charge >= 0.3 is 0 Å². The monoisotopic (exact) mass is 429 g/mol. The third kappa shape index (κ3) is 3.50. The Bertz CT molecular complexity index is 1140. The van der Waals surface area contributed by atoms with Crippen LogP contribution in [0.3, 0.4) is 0 Å². The van der Waals surface area contributed by atoms with Crippen LogP contribution < -0.4 is 0 Å². The lowest BCUT2D eigenvalue weighted by molar-refractivity contribution is 0.0899. The van der Waals surface area contributed by atoms with Crippen molar-refractivity contribution in [2.45, 2.75) is 33.2 Å². The van der Waals surface area contributed by atoms with Gasteiger partial charge in [0, 0.05) is 35.2 Å². The normalized spacial score (nSPS) is 15.6. The third-order valence-electron chi connectivity index (χ3n) is 5.54. The number of rotatable bonds is 4. The second-order valence-electron chi connectivity index (χ2n) is 8.38. The smallest absolute Gasteiger partial charge is 0.188 e. The molecule has 0 atom stereocenters. The molecular formula is C23H21Cl2NO3. The first-order valence-corrected chi connectivity index (χ1v) is 10.2. The molecule has 0 aliphatic heterocycles. The fourth-order valence-electron chi connectivity index (χ4n) is 4.22. The molecule has 4 nitrogen and oxygen atoms in total. The number of ketones is 2. The molecule has 0 spiro atoms. The van der Waals surface area contributed by atoms with Crippen molar-refractivity contribution < 1.29 is 14.7 Å². The van der Waals surface area contributed by atoms with E-state index in [1.54, 1.807) is 24.3 Å². The first kappa shape index (κ1) is 20.1. The topological polar surface area (TPSA) is 59.3 Å². The first-order chi connectivity index (χ1) is 13.7. The molecule has 0 radical (unpaired) electrons. The van der Waals surface area contributed by atoms with Gasteiger partial charge in [0.2, 0.25) is 0 Å². The maximum absolute atomic E-state index is 13.0. The standard InChI is InChI=1S/C23H21Cl2NO3/c1-23(2)9-17-21(18(28)10-23)20-15(24)7-8-16(25)22(20)26(17)11-13-3-5-14(6-4-13)19(29)12-27/h3-8,27H,9-12H2,1-2H3. The van der Waals surface area contributed by atoms with E-state index in [-0.39, 0.29) is 17.0 Å². The minimum absolute atomic E-state index is 0.0908. The van der Waals surface area contributed by atoms with E-state index in [1.165, 1.54) is 0 Å². The number of carbonyl (C=O) groups excluding carboxylic acids is 2. The van der Waals surface area contributed by atoms with Crippen LogP contribution in [0.25, 0.3) is 10.9 Å². The van der Waals surface area contributed by atoms with E-state index in [0.717, 1.165) is 28.6 Å². The molecule has 0 saturated carbocycles. The van der Waals surface area contributed by atoms with E-state index in [1.807, 2.05) is 12.1 Å². The lowest BCUT2D eigenvalue weighted by Crippen LogP contribution is -2.28. The molecule has 1 aromatic heterocycles. The average molecular weight is 430 g/mol. The van der Waals surface area contributed by atoms with Gasteiger partial charge in [0.05, 0.1) is 15.6 Å². The summed E-state index contributed by atoms with van der Waals surface area (Å²) >= 11 is 13.1. The number of halogens is 2. The molecule has 0 saturated heterocycles. The van der Waals surface area contributed by atoms with Gasteiger partial charge in [-0.05, 0) is 29.5 Å². The predicted molar refractivity (Wildman–Crippen MR) is 115 cm³/mol. The summed E-state index contributed by atoms with van der Waals surface area (Å²) < 4.78 is 2.08. The number of hydrogen-bond donors (Lipinski definition) is 1. The van der Waals surface area contributed by atoms with Crippen LogP contribution in [0.5, 0.6) is 0 Å². The number of hydrogen-bond acceptors (Lipinski definition) is 3. The minimum Gasteiger partial charge on any atom is -0.388 e. The minimum atomic E-state index is -0.513. The maximum atomic E-state index is 13.0. The molecule has 2 aromatic carbocycles. The van der Waals surface area contributed by atoms with Gasteiger partial charge in [-0.25, -0.2) is 0 Å². The van der Waals surface area contributed by atoms with Crippen molar-refractivity contribution >= 4 is 45.7 Å². The SMILES string of the molecule is CC1(C)CC(=O)c2c(n(Cc3ccc(C(=O)CO)cc3)c3c(Cl)ccc(Cl)c23)C1. The molecule has 1 N–H and O–H groups in total. The fraction of sp³-hybridized carbons (Fsp3) is 0.304. The van der Waals surface area contributed by atoms with Crippen molar-refractivity contribution in [1.29, 1.82) is 0 Å². The van der Waals surface area contributed by atoms with Gasteiger partial charge < -0.3 is 9.67 Å². The number of aliphatic hydroxyl groups excluding tert-OH is 1. The number of carbonyl (C=O) groups is 2. The number of aliphatic hydroxyl groups is 1. The molecule has 3 aromatic rings. The van der Waals surface area contributed by atoms with E-state index in [9.17, 15) is 9.59 Å². The number of benzene rings is 2. The fourth-order valence-corrected chi connectivity index (χ4v) is 4.73. The Morgan fingerprint density at radius 1 is 1.07 bits per heavy atom. The van der Waals surface area contributed by atoms with E-state index in [0.29, 0.717) is 34.1 Å². The maximum Gasteiger partial charge on any atom is 0.188 e. The van der Waals surface area contributed by atoms with Crippen LogP contribution in [0.1, 0.15) is 52.2 Å². The molecule has 1 heterocycles. The highest BCUT2D eigenvalue weighted by Crippen LogP contribution is 2.44. The summed E-state index contributed by atoms with van der Waals surface area (Å²) in [4.78, 5) is 24.7. The Kier molecular flexibility index (Phi) is 5.06. The molecular weight excluding hydrogens is 409 g/mol. The summed E-state index contributed by atoms with van der Waals surface area (Å²) in [5.41, 5.74) is 3.68. The van der Waals surface area contributed by atoms with Crippen molar-refractivity contribution in [2.24, 2.45) is 5.41 Å². The average Bonchev–Trinajstić information content (AvgIpc) is 2.99. The van der Waals surface area contributed by atoms with Crippen LogP contribution in [0.4, 0.5) is 0 Å². The number of fused-ring (bicyclic) bond motifs is 3. The molecule has 29 heavy (non-hydrogen) atoms. The number of nitrogens with zero attached hydrogens (tertiary/aromatic N) is 1. The molecule has 0 fully saturated rings. The molecule has 0 amide bonds. The Hall–Kier alpha value is -2.14. The lowest BCUT2D eigenvalue weighted by atomic mass is 9.75. The molecule has 1 aliphatic carbocycles. The van der Waals surface area contributed by atoms with Gasteiger partial charge in [-0.3, -0.25) is 9.59 Å².